The zero-order valence-electron chi connectivity index (χ0n) is 14.3. The normalized spacial score (nSPS) is 11.1. The third-order valence-corrected chi connectivity index (χ3v) is 4.35. The second-order valence-corrected chi connectivity index (χ2v) is 5.82. The van der Waals surface area contributed by atoms with Crippen molar-refractivity contribution >= 4 is 5.91 Å². The molecule has 0 radical (unpaired) electrons. The fraction of sp³-hybridized carbons (Fsp3) is 0.368. The molecule has 0 saturated heterocycles. The summed E-state index contributed by atoms with van der Waals surface area (Å²) in [7, 11) is 0. The second kappa shape index (κ2) is 8.45. The molecule has 2 aromatic rings. The van der Waals surface area contributed by atoms with E-state index in [-0.39, 0.29) is 11.4 Å². The highest BCUT2D eigenvalue weighted by Gasteiger charge is 2.26. The van der Waals surface area contributed by atoms with Crippen LogP contribution < -0.4 is 15.8 Å². The molecule has 24 heavy (non-hydrogen) atoms. The summed E-state index contributed by atoms with van der Waals surface area (Å²) >= 11 is 0. The minimum Gasteiger partial charge on any atom is -0.489 e. The number of nitrogens with zero attached hydrogens (tertiary/aromatic N) is 1. The van der Waals surface area contributed by atoms with Gasteiger partial charge in [-0.1, -0.05) is 26.0 Å². The molecule has 0 aliphatic carbocycles. The van der Waals surface area contributed by atoms with E-state index in [1.807, 2.05) is 38.1 Å². The molecule has 128 valence electrons. The molecule has 0 spiro atoms. The van der Waals surface area contributed by atoms with Crippen molar-refractivity contribution < 1.29 is 9.53 Å². The molecule has 2 rings (SSSR count). The van der Waals surface area contributed by atoms with E-state index in [4.69, 9.17) is 10.5 Å². The highest BCUT2D eigenvalue weighted by Crippen LogP contribution is 2.18. The van der Waals surface area contributed by atoms with Gasteiger partial charge in [0.1, 0.15) is 12.4 Å². The first-order valence-corrected chi connectivity index (χ1v) is 8.27. The van der Waals surface area contributed by atoms with Gasteiger partial charge in [-0.2, -0.15) is 0 Å². The van der Waals surface area contributed by atoms with Gasteiger partial charge >= 0.3 is 0 Å². The first kappa shape index (κ1) is 17.9. The van der Waals surface area contributed by atoms with Crippen LogP contribution in [0.15, 0.2) is 48.8 Å². The molecular formula is C19H25N3O2. The van der Waals surface area contributed by atoms with Crippen LogP contribution in [0.1, 0.15) is 42.6 Å². The second-order valence-electron chi connectivity index (χ2n) is 5.82. The standard InChI is InChI=1S/C19H25N3O2/c1-3-19(4-2,14-20)22-18(23)16-8-5-9-17(11-16)24-13-15-7-6-10-21-12-15/h5-12H,3-4,13-14,20H2,1-2H3,(H,22,23). The summed E-state index contributed by atoms with van der Waals surface area (Å²) in [4.78, 5) is 16.6. The molecule has 0 unspecified atom stereocenters. The molecular weight excluding hydrogens is 302 g/mol. The van der Waals surface area contributed by atoms with Gasteiger partial charge in [-0.25, -0.2) is 0 Å². The molecule has 5 nitrogen and oxygen atoms in total. The van der Waals surface area contributed by atoms with Gasteiger partial charge in [0, 0.05) is 30.1 Å². The van der Waals surface area contributed by atoms with Crippen LogP contribution in [0, 0.1) is 0 Å². The smallest absolute Gasteiger partial charge is 0.251 e. The highest BCUT2D eigenvalue weighted by molar-refractivity contribution is 5.95. The Labute approximate surface area is 143 Å². The van der Waals surface area contributed by atoms with Crippen molar-refractivity contribution in [1.82, 2.24) is 10.3 Å². The number of hydrogen-bond donors (Lipinski definition) is 2. The number of nitrogens with one attached hydrogen (secondary N) is 1. The number of nitrogens with two attached hydrogens (primary N) is 1. The summed E-state index contributed by atoms with van der Waals surface area (Å²) < 4.78 is 5.75. The van der Waals surface area contributed by atoms with Crippen LogP contribution >= 0.6 is 0 Å². The molecule has 0 bridgehead atoms. The minimum absolute atomic E-state index is 0.129. The summed E-state index contributed by atoms with van der Waals surface area (Å²) in [6, 6.07) is 11.0. The summed E-state index contributed by atoms with van der Waals surface area (Å²) in [5.74, 6) is 0.522. The summed E-state index contributed by atoms with van der Waals surface area (Å²) in [5, 5.41) is 3.07. The number of carbonyl (C=O) groups excluding carboxylic acids is 1. The average Bonchev–Trinajstić information content (AvgIpc) is 2.65. The van der Waals surface area contributed by atoms with Gasteiger partial charge in [-0.05, 0) is 37.1 Å². The number of ether oxygens (including phenoxy) is 1. The van der Waals surface area contributed by atoms with Crippen LogP contribution in [0.4, 0.5) is 0 Å². The number of rotatable bonds is 8. The predicted octanol–water partition coefficient (Wildman–Crippen LogP) is 2.91. The fourth-order valence-corrected chi connectivity index (χ4v) is 2.46. The Kier molecular flexibility index (Phi) is 6.32. The van der Waals surface area contributed by atoms with Gasteiger partial charge < -0.3 is 15.8 Å². The maximum absolute atomic E-state index is 12.5. The van der Waals surface area contributed by atoms with Crippen LogP contribution in [0.5, 0.6) is 5.75 Å². The molecule has 0 aliphatic heterocycles. The maximum Gasteiger partial charge on any atom is 0.251 e. The van der Waals surface area contributed by atoms with E-state index in [0.29, 0.717) is 24.5 Å². The van der Waals surface area contributed by atoms with Crippen molar-refractivity contribution in [3.63, 3.8) is 0 Å². The Morgan fingerprint density at radius 1 is 1.25 bits per heavy atom. The quantitative estimate of drug-likeness (QED) is 0.781. The zero-order chi connectivity index (χ0) is 17.4. The Morgan fingerprint density at radius 3 is 2.67 bits per heavy atom. The SMILES string of the molecule is CCC(CC)(CN)NC(=O)c1cccc(OCc2cccnc2)c1. The van der Waals surface area contributed by atoms with E-state index in [1.165, 1.54) is 0 Å². The van der Waals surface area contributed by atoms with E-state index < -0.39 is 0 Å². The predicted molar refractivity (Wildman–Crippen MR) is 94.8 cm³/mol. The van der Waals surface area contributed by atoms with Gasteiger partial charge in [0.2, 0.25) is 0 Å². The molecule has 1 aromatic heterocycles. The third-order valence-electron chi connectivity index (χ3n) is 4.35. The summed E-state index contributed by atoms with van der Waals surface area (Å²) in [6.07, 6.45) is 5.07. The lowest BCUT2D eigenvalue weighted by Gasteiger charge is -2.31. The van der Waals surface area contributed by atoms with Gasteiger partial charge in [0.15, 0.2) is 0 Å². The number of pyridine rings is 1. The molecule has 0 saturated carbocycles. The summed E-state index contributed by atoms with van der Waals surface area (Å²) in [6.45, 7) is 4.90. The lowest BCUT2D eigenvalue weighted by molar-refractivity contribution is 0.0894. The Bertz CT molecular complexity index is 646. The molecule has 1 heterocycles. The molecule has 5 heteroatoms. The number of benzene rings is 1. The lowest BCUT2D eigenvalue weighted by atomic mass is 9.92. The van der Waals surface area contributed by atoms with E-state index in [9.17, 15) is 4.79 Å². The molecule has 0 fully saturated rings. The third kappa shape index (κ3) is 4.55. The van der Waals surface area contributed by atoms with E-state index in [1.54, 1.807) is 24.5 Å². The van der Waals surface area contributed by atoms with Crippen molar-refractivity contribution in [2.75, 3.05) is 6.54 Å². The van der Waals surface area contributed by atoms with Crippen LogP contribution in [-0.4, -0.2) is 23.0 Å². The number of carbonyl (C=O) groups is 1. The van der Waals surface area contributed by atoms with Crippen molar-refractivity contribution in [1.29, 1.82) is 0 Å². The fourth-order valence-electron chi connectivity index (χ4n) is 2.46. The Morgan fingerprint density at radius 2 is 2.04 bits per heavy atom. The Hall–Kier alpha value is -2.40. The topological polar surface area (TPSA) is 77.2 Å². The largest absolute Gasteiger partial charge is 0.489 e. The van der Waals surface area contributed by atoms with E-state index in [0.717, 1.165) is 18.4 Å². The average molecular weight is 327 g/mol. The van der Waals surface area contributed by atoms with Crippen molar-refractivity contribution in [3.05, 3.63) is 59.9 Å². The number of amides is 1. The number of hydrogen-bond acceptors (Lipinski definition) is 4. The monoisotopic (exact) mass is 327 g/mol. The first-order chi connectivity index (χ1) is 11.6. The van der Waals surface area contributed by atoms with Gasteiger partial charge in [-0.15, -0.1) is 0 Å². The Balaban J connectivity index is 2.05. The van der Waals surface area contributed by atoms with E-state index in [2.05, 4.69) is 10.3 Å². The zero-order valence-corrected chi connectivity index (χ0v) is 14.3. The van der Waals surface area contributed by atoms with Crippen LogP contribution in [0.25, 0.3) is 0 Å². The first-order valence-electron chi connectivity index (χ1n) is 8.27. The molecule has 0 aliphatic rings. The summed E-state index contributed by atoms with van der Waals surface area (Å²) in [5.41, 5.74) is 7.04. The molecule has 1 amide bonds. The van der Waals surface area contributed by atoms with Crippen molar-refractivity contribution in [2.45, 2.75) is 38.8 Å². The van der Waals surface area contributed by atoms with Gasteiger partial charge in [-0.3, -0.25) is 9.78 Å². The highest BCUT2D eigenvalue weighted by atomic mass is 16.5. The van der Waals surface area contributed by atoms with E-state index >= 15 is 0 Å². The molecule has 1 aromatic carbocycles. The van der Waals surface area contributed by atoms with Crippen LogP contribution in [-0.2, 0) is 6.61 Å². The van der Waals surface area contributed by atoms with Gasteiger partial charge in [0.05, 0.1) is 5.54 Å². The molecule has 0 atom stereocenters. The van der Waals surface area contributed by atoms with Crippen molar-refractivity contribution in [2.24, 2.45) is 5.73 Å². The number of aromatic nitrogens is 1. The van der Waals surface area contributed by atoms with Crippen LogP contribution in [0.3, 0.4) is 0 Å². The lowest BCUT2D eigenvalue weighted by Crippen LogP contribution is -2.52. The molecule has 3 N–H and O–H groups in total. The minimum atomic E-state index is -0.357. The van der Waals surface area contributed by atoms with Crippen LogP contribution in [0.2, 0.25) is 0 Å². The van der Waals surface area contributed by atoms with Gasteiger partial charge in [0.25, 0.3) is 5.91 Å². The maximum atomic E-state index is 12.5. The van der Waals surface area contributed by atoms with Crippen molar-refractivity contribution in [3.8, 4) is 5.75 Å².